The highest BCUT2D eigenvalue weighted by Crippen LogP contribution is 2.23. The molecule has 0 spiro atoms. The van der Waals surface area contributed by atoms with Crippen LogP contribution in [0, 0.1) is 26.6 Å². The molecule has 0 bridgehead atoms. The average molecular weight is 380 g/mol. The van der Waals surface area contributed by atoms with Crippen LogP contribution in [0.25, 0.3) is 11.3 Å². The molecule has 0 radical (unpaired) electrons. The minimum Gasteiger partial charge on any atom is -0.451 e. The summed E-state index contributed by atoms with van der Waals surface area (Å²) in [5.74, 6) is -0.650. The molecule has 0 unspecified atom stereocenters. The van der Waals surface area contributed by atoms with E-state index in [4.69, 9.17) is 4.42 Å². The summed E-state index contributed by atoms with van der Waals surface area (Å²) in [5, 5.41) is 5.37. The molecule has 0 fully saturated rings. The van der Waals surface area contributed by atoms with Crippen molar-refractivity contribution in [2.24, 2.45) is 0 Å². The van der Waals surface area contributed by atoms with Crippen molar-refractivity contribution in [2.45, 2.75) is 20.8 Å². The van der Waals surface area contributed by atoms with E-state index in [1.807, 2.05) is 32.9 Å². The highest BCUT2D eigenvalue weighted by molar-refractivity contribution is 5.99. The highest BCUT2D eigenvalue weighted by atomic mass is 19.1. The quantitative estimate of drug-likeness (QED) is 0.690. The molecule has 0 atom stereocenters. The van der Waals surface area contributed by atoms with E-state index in [0.717, 1.165) is 22.4 Å². The molecule has 6 heteroatoms. The van der Waals surface area contributed by atoms with E-state index < -0.39 is 5.91 Å². The number of hydrogen-bond acceptors (Lipinski definition) is 3. The molecule has 0 aliphatic rings. The lowest BCUT2D eigenvalue weighted by molar-refractivity contribution is -0.115. The van der Waals surface area contributed by atoms with Crippen LogP contribution in [-0.2, 0) is 4.79 Å². The van der Waals surface area contributed by atoms with Gasteiger partial charge in [0.1, 0.15) is 11.6 Å². The second-order valence-electron chi connectivity index (χ2n) is 6.68. The number of nitrogens with one attached hydrogen (secondary N) is 2. The van der Waals surface area contributed by atoms with Crippen LogP contribution < -0.4 is 10.6 Å². The van der Waals surface area contributed by atoms with E-state index in [0.29, 0.717) is 11.3 Å². The van der Waals surface area contributed by atoms with Gasteiger partial charge in [-0.05, 0) is 68.3 Å². The molecule has 0 aliphatic carbocycles. The van der Waals surface area contributed by atoms with Crippen LogP contribution in [0.1, 0.15) is 27.2 Å². The molecule has 144 valence electrons. The Bertz CT molecular complexity index is 1000. The molecule has 2 amide bonds. The topological polar surface area (TPSA) is 71.3 Å². The van der Waals surface area contributed by atoms with Crippen molar-refractivity contribution < 1.29 is 18.4 Å². The molecule has 2 aromatic carbocycles. The van der Waals surface area contributed by atoms with E-state index in [1.54, 1.807) is 18.2 Å². The van der Waals surface area contributed by atoms with Crippen LogP contribution in [-0.4, -0.2) is 18.4 Å². The number of rotatable bonds is 5. The summed E-state index contributed by atoms with van der Waals surface area (Å²) < 4.78 is 18.5. The summed E-state index contributed by atoms with van der Waals surface area (Å²) in [4.78, 5) is 24.4. The number of carbonyl (C=O) groups is 2. The SMILES string of the molecule is Cc1cc(C)c(NC(=O)CNC(=O)c2ccc(-c3ccc(F)cc3)o2)c(C)c1. The summed E-state index contributed by atoms with van der Waals surface area (Å²) >= 11 is 0. The van der Waals surface area contributed by atoms with Crippen molar-refractivity contribution in [1.29, 1.82) is 0 Å². The zero-order chi connectivity index (χ0) is 20.3. The number of carbonyl (C=O) groups excluding carboxylic acids is 2. The Labute approximate surface area is 162 Å². The van der Waals surface area contributed by atoms with Gasteiger partial charge in [0.25, 0.3) is 5.91 Å². The van der Waals surface area contributed by atoms with Gasteiger partial charge in [-0.1, -0.05) is 17.7 Å². The molecule has 2 N–H and O–H groups in total. The summed E-state index contributed by atoms with van der Waals surface area (Å²) in [6.07, 6.45) is 0. The Kier molecular flexibility index (Phi) is 5.59. The molecule has 5 nitrogen and oxygen atoms in total. The monoisotopic (exact) mass is 380 g/mol. The molecule has 3 rings (SSSR count). The number of aryl methyl sites for hydroxylation is 3. The zero-order valence-corrected chi connectivity index (χ0v) is 15.9. The van der Waals surface area contributed by atoms with Gasteiger partial charge in [-0.25, -0.2) is 4.39 Å². The number of furan rings is 1. The first kappa shape index (κ1) is 19.4. The molecular formula is C22H21FN2O3. The summed E-state index contributed by atoms with van der Waals surface area (Å²) in [6.45, 7) is 5.66. The highest BCUT2D eigenvalue weighted by Gasteiger charge is 2.14. The fraction of sp³-hybridized carbons (Fsp3) is 0.182. The smallest absolute Gasteiger partial charge is 0.287 e. The number of amides is 2. The largest absolute Gasteiger partial charge is 0.451 e. The number of benzene rings is 2. The maximum atomic E-state index is 13.0. The first-order valence-corrected chi connectivity index (χ1v) is 8.85. The molecular weight excluding hydrogens is 359 g/mol. The fourth-order valence-electron chi connectivity index (χ4n) is 3.04. The molecule has 0 saturated heterocycles. The molecule has 1 heterocycles. The third kappa shape index (κ3) is 4.46. The van der Waals surface area contributed by atoms with Gasteiger partial charge in [0, 0.05) is 11.3 Å². The van der Waals surface area contributed by atoms with Gasteiger partial charge in [0.15, 0.2) is 5.76 Å². The van der Waals surface area contributed by atoms with E-state index in [9.17, 15) is 14.0 Å². The van der Waals surface area contributed by atoms with Crippen molar-refractivity contribution in [3.63, 3.8) is 0 Å². The number of halogens is 1. The van der Waals surface area contributed by atoms with Gasteiger partial charge in [-0.15, -0.1) is 0 Å². The van der Waals surface area contributed by atoms with Crippen molar-refractivity contribution in [1.82, 2.24) is 5.32 Å². The number of hydrogen-bond donors (Lipinski definition) is 2. The molecule has 28 heavy (non-hydrogen) atoms. The summed E-state index contributed by atoms with van der Waals surface area (Å²) in [7, 11) is 0. The van der Waals surface area contributed by atoms with Crippen molar-refractivity contribution in [3.05, 3.63) is 76.8 Å². The third-order valence-corrected chi connectivity index (χ3v) is 4.31. The van der Waals surface area contributed by atoms with E-state index in [-0.39, 0.29) is 24.0 Å². The summed E-state index contributed by atoms with van der Waals surface area (Å²) in [5.41, 5.74) is 4.46. The van der Waals surface area contributed by atoms with Crippen LogP contribution in [0.15, 0.2) is 52.9 Å². The van der Waals surface area contributed by atoms with Gasteiger partial charge in [0.2, 0.25) is 5.91 Å². The molecule has 1 aromatic heterocycles. The predicted octanol–water partition coefficient (Wildman–Crippen LogP) is 4.38. The van der Waals surface area contributed by atoms with Crippen LogP contribution in [0.3, 0.4) is 0 Å². The lowest BCUT2D eigenvalue weighted by Gasteiger charge is -2.13. The van der Waals surface area contributed by atoms with Gasteiger partial charge < -0.3 is 15.1 Å². The standard InChI is InChI=1S/C22H21FN2O3/c1-13-10-14(2)21(15(3)11-13)25-20(26)12-24-22(27)19-9-8-18(28-19)16-4-6-17(23)7-5-16/h4-11H,12H2,1-3H3,(H,24,27)(H,25,26). The van der Waals surface area contributed by atoms with Crippen LogP contribution >= 0.6 is 0 Å². The Balaban J connectivity index is 1.60. The Morgan fingerprint density at radius 3 is 2.25 bits per heavy atom. The minimum atomic E-state index is -0.499. The van der Waals surface area contributed by atoms with Crippen molar-refractivity contribution in [3.8, 4) is 11.3 Å². The third-order valence-electron chi connectivity index (χ3n) is 4.31. The van der Waals surface area contributed by atoms with E-state index in [2.05, 4.69) is 10.6 Å². The Hall–Kier alpha value is -3.41. The molecule has 3 aromatic rings. The molecule has 0 saturated carbocycles. The maximum Gasteiger partial charge on any atom is 0.287 e. The first-order chi connectivity index (χ1) is 13.3. The number of anilines is 1. The second-order valence-corrected chi connectivity index (χ2v) is 6.68. The lowest BCUT2D eigenvalue weighted by Crippen LogP contribution is -2.33. The lowest BCUT2D eigenvalue weighted by atomic mass is 10.1. The minimum absolute atomic E-state index is 0.0785. The van der Waals surface area contributed by atoms with Gasteiger partial charge in [-0.2, -0.15) is 0 Å². The van der Waals surface area contributed by atoms with Crippen molar-refractivity contribution in [2.75, 3.05) is 11.9 Å². The zero-order valence-electron chi connectivity index (χ0n) is 15.9. The molecule has 0 aliphatic heterocycles. The normalized spacial score (nSPS) is 10.6. The summed E-state index contributed by atoms with van der Waals surface area (Å²) in [6, 6.07) is 12.9. The van der Waals surface area contributed by atoms with Gasteiger partial charge >= 0.3 is 0 Å². The van der Waals surface area contributed by atoms with Crippen LogP contribution in [0.5, 0.6) is 0 Å². The maximum absolute atomic E-state index is 13.0. The van der Waals surface area contributed by atoms with Gasteiger partial charge in [-0.3, -0.25) is 9.59 Å². The van der Waals surface area contributed by atoms with Crippen LogP contribution in [0.4, 0.5) is 10.1 Å². The average Bonchev–Trinajstić information content (AvgIpc) is 3.13. The van der Waals surface area contributed by atoms with Crippen LogP contribution in [0.2, 0.25) is 0 Å². The predicted molar refractivity (Wildman–Crippen MR) is 106 cm³/mol. The second kappa shape index (κ2) is 8.08. The van der Waals surface area contributed by atoms with Crippen molar-refractivity contribution >= 4 is 17.5 Å². The Morgan fingerprint density at radius 1 is 0.964 bits per heavy atom. The Morgan fingerprint density at radius 2 is 1.61 bits per heavy atom. The van der Waals surface area contributed by atoms with E-state index in [1.165, 1.54) is 18.2 Å². The van der Waals surface area contributed by atoms with Gasteiger partial charge in [0.05, 0.1) is 6.54 Å². The first-order valence-electron chi connectivity index (χ1n) is 8.85. The fourth-order valence-corrected chi connectivity index (χ4v) is 3.04. The van der Waals surface area contributed by atoms with E-state index >= 15 is 0 Å².